The summed E-state index contributed by atoms with van der Waals surface area (Å²) in [6.45, 7) is 0. The van der Waals surface area contributed by atoms with Crippen LogP contribution < -0.4 is 5.73 Å². The Labute approximate surface area is 94.2 Å². The summed E-state index contributed by atoms with van der Waals surface area (Å²) < 4.78 is 5.07. The Morgan fingerprint density at radius 1 is 1.67 bits per heavy atom. The van der Waals surface area contributed by atoms with E-state index < -0.39 is 0 Å². The zero-order valence-electron chi connectivity index (χ0n) is 7.64. The summed E-state index contributed by atoms with van der Waals surface area (Å²) >= 11 is 2.72. The first-order valence-electron chi connectivity index (χ1n) is 4.09. The summed E-state index contributed by atoms with van der Waals surface area (Å²) in [5.74, 6) is 1.53. The van der Waals surface area contributed by atoms with Crippen LogP contribution in [0.25, 0.3) is 10.8 Å². The second kappa shape index (κ2) is 4.45. The van der Waals surface area contributed by atoms with Crippen molar-refractivity contribution in [3.05, 3.63) is 23.3 Å². The summed E-state index contributed by atoms with van der Waals surface area (Å²) in [4.78, 5) is 5.13. The molecule has 0 bridgehead atoms. The number of thiophene rings is 1. The molecule has 0 saturated heterocycles. The number of thioether (sulfide) groups is 1. The van der Waals surface area contributed by atoms with Crippen molar-refractivity contribution < 1.29 is 4.52 Å². The van der Waals surface area contributed by atoms with E-state index in [1.54, 1.807) is 11.3 Å². The lowest BCUT2D eigenvalue weighted by molar-refractivity contribution is 0.426. The van der Waals surface area contributed by atoms with Crippen LogP contribution in [0.15, 0.2) is 22.0 Å². The Balaban J connectivity index is 2.08. The van der Waals surface area contributed by atoms with Gasteiger partial charge in [0.25, 0.3) is 5.89 Å². The van der Waals surface area contributed by atoms with E-state index in [4.69, 9.17) is 15.7 Å². The lowest BCUT2D eigenvalue weighted by Gasteiger charge is -1.90. The smallest absolute Gasteiger partial charge is 0.268 e. The molecule has 15 heavy (non-hydrogen) atoms. The molecular formula is C8H8N4OS2. The van der Waals surface area contributed by atoms with E-state index in [2.05, 4.69) is 10.1 Å². The first-order chi connectivity index (χ1) is 7.25. The molecular weight excluding hydrogens is 232 g/mol. The molecule has 0 fully saturated rings. The van der Waals surface area contributed by atoms with Crippen LogP contribution in [0.1, 0.15) is 5.82 Å². The van der Waals surface area contributed by atoms with Crippen molar-refractivity contribution in [2.45, 2.75) is 5.75 Å². The predicted molar refractivity (Wildman–Crippen MR) is 60.8 cm³/mol. The fraction of sp³-hybridized carbons (Fsp3) is 0.125. The monoisotopic (exact) mass is 240 g/mol. The molecule has 0 aliphatic carbocycles. The molecule has 2 rings (SSSR count). The lowest BCUT2D eigenvalue weighted by atomic mass is 10.5. The van der Waals surface area contributed by atoms with E-state index in [0.717, 1.165) is 4.88 Å². The molecule has 0 aliphatic heterocycles. The zero-order valence-corrected chi connectivity index (χ0v) is 9.27. The molecule has 0 aliphatic rings. The largest absolute Gasteiger partial charge is 0.379 e. The number of hydrogen-bond donors (Lipinski definition) is 2. The number of rotatable bonds is 3. The van der Waals surface area contributed by atoms with Gasteiger partial charge in [0, 0.05) is 0 Å². The fourth-order valence-corrected chi connectivity index (χ4v) is 2.00. The van der Waals surface area contributed by atoms with Crippen LogP contribution in [0.2, 0.25) is 0 Å². The van der Waals surface area contributed by atoms with Crippen molar-refractivity contribution in [1.82, 2.24) is 10.1 Å². The fourth-order valence-electron chi connectivity index (χ4n) is 0.955. The third-order valence-electron chi connectivity index (χ3n) is 1.56. The highest BCUT2D eigenvalue weighted by atomic mass is 32.2. The number of amidine groups is 1. The average Bonchev–Trinajstić information content (AvgIpc) is 2.85. The Kier molecular flexibility index (Phi) is 3.02. The molecule has 2 aromatic heterocycles. The molecule has 78 valence electrons. The van der Waals surface area contributed by atoms with E-state index in [1.807, 2.05) is 17.5 Å². The Bertz CT molecular complexity index is 451. The van der Waals surface area contributed by atoms with E-state index in [0.29, 0.717) is 17.5 Å². The van der Waals surface area contributed by atoms with Gasteiger partial charge < -0.3 is 10.3 Å². The molecule has 2 heterocycles. The third-order valence-corrected chi connectivity index (χ3v) is 3.13. The maximum absolute atomic E-state index is 7.05. The van der Waals surface area contributed by atoms with Gasteiger partial charge in [-0.15, -0.1) is 11.3 Å². The van der Waals surface area contributed by atoms with Gasteiger partial charge in [0.15, 0.2) is 11.0 Å². The normalized spacial score (nSPS) is 10.4. The van der Waals surface area contributed by atoms with E-state index in [-0.39, 0.29) is 5.17 Å². The second-order valence-corrected chi connectivity index (χ2v) is 4.61. The van der Waals surface area contributed by atoms with Crippen molar-refractivity contribution in [2.75, 3.05) is 0 Å². The first-order valence-corrected chi connectivity index (χ1v) is 5.95. The molecule has 3 N–H and O–H groups in total. The highest BCUT2D eigenvalue weighted by Gasteiger charge is 2.09. The summed E-state index contributed by atoms with van der Waals surface area (Å²) in [6.07, 6.45) is 0. The second-order valence-electron chi connectivity index (χ2n) is 2.65. The molecule has 7 heteroatoms. The highest BCUT2D eigenvalue weighted by Crippen LogP contribution is 2.23. The van der Waals surface area contributed by atoms with Crippen LogP contribution in [0, 0.1) is 5.41 Å². The summed E-state index contributed by atoms with van der Waals surface area (Å²) in [6, 6.07) is 3.84. The lowest BCUT2D eigenvalue weighted by Crippen LogP contribution is -2.04. The quantitative estimate of drug-likeness (QED) is 0.632. The SMILES string of the molecule is N=C(N)SCc1noc(-c2cccs2)n1. The van der Waals surface area contributed by atoms with Gasteiger partial charge in [-0.25, -0.2) is 0 Å². The van der Waals surface area contributed by atoms with Crippen LogP contribution in [0.5, 0.6) is 0 Å². The van der Waals surface area contributed by atoms with Crippen molar-refractivity contribution in [3.8, 4) is 10.8 Å². The van der Waals surface area contributed by atoms with Gasteiger partial charge in [-0.05, 0) is 11.4 Å². The molecule has 0 aromatic carbocycles. The Morgan fingerprint density at radius 2 is 2.53 bits per heavy atom. The maximum atomic E-state index is 7.05. The predicted octanol–water partition coefficient (Wildman–Crippen LogP) is 1.92. The van der Waals surface area contributed by atoms with Gasteiger partial charge in [0.2, 0.25) is 0 Å². The minimum Gasteiger partial charge on any atom is -0.379 e. The molecule has 0 atom stereocenters. The molecule has 0 spiro atoms. The minimum absolute atomic E-state index is 0.0532. The molecule has 0 unspecified atom stereocenters. The van der Waals surface area contributed by atoms with Crippen molar-refractivity contribution in [2.24, 2.45) is 5.73 Å². The Morgan fingerprint density at radius 3 is 3.20 bits per heavy atom. The summed E-state index contributed by atoms with van der Waals surface area (Å²) in [7, 11) is 0. The van der Waals surface area contributed by atoms with Gasteiger partial charge in [-0.1, -0.05) is 23.0 Å². The van der Waals surface area contributed by atoms with E-state index >= 15 is 0 Å². The van der Waals surface area contributed by atoms with Crippen molar-refractivity contribution >= 4 is 28.3 Å². The third kappa shape index (κ3) is 2.57. The first kappa shape index (κ1) is 10.2. The number of aromatic nitrogens is 2. The van der Waals surface area contributed by atoms with E-state index in [9.17, 15) is 0 Å². The van der Waals surface area contributed by atoms with Crippen molar-refractivity contribution in [1.29, 1.82) is 5.41 Å². The van der Waals surface area contributed by atoms with Gasteiger partial charge in [0.05, 0.1) is 10.6 Å². The van der Waals surface area contributed by atoms with Gasteiger partial charge >= 0.3 is 0 Å². The van der Waals surface area contributed by atoms with Crippen LogP contribution in [-0.2, 0) is 5.75 Å². The zero-order chi connectivity index (χ0) is 10.7. The molecule has 2 aromatic rings. The van der Waals surface area contributed by atoms with E-state index in [1.165, 1.54) is 11.8 Å². The number of nitrogens with one attached hydrogen (secondary N) is 1. The summed E-state index contributed by atoms with van der Waals surface area (Å²) in [5.41, 5.74) is 5.20. The number of hydrogen-bond acceptors (Lipinski definition) is 6. The topological polar surface area (TPSA) is 88.8 Å². The number of nitrogens with zero attached hydrogens (tertiary/aromatic N) is 2. The van der Waals surface area contributed by atoms with Crippen LogP contribution in [0.3, 0.4) is 0 Å². The maximum Gasteiger partial charge on any atom is 0.268 e. The Hall–Kier alpha value is -1.34. The molecule has 0 saturated carbocycles. The molecule has 5 nitrogen and oxygen atoms in total. The standard InChI is InChI=1S/C8H8N4OS2/c9-8(10)15-4-6-11-7(13-12-6)5-2-1-3-14-5/h1-3H,4H2,(H3,9,10). The van der Waals surface area contributed by atoms with Crippen LogP contribution in [-0.4, -0.2) is 15.3 Å². The van der Waals surface area contributed by atoms with Gasteiger partial charge in [-0.2, -0.15) is 4.98 Å². The van der Waals surface area contributed by atoms with Gasteiger partial charge in [-0.3, -0.25) is 5.41 Å². The highest BCUT2D eigenvalue weighted by molar-refractivity contribution is 8.12. The van der Waals surface area contributed by atoms with Crippen LogP contribution in [0.4, 0.5) is 0 Å². The number of nitrogens with two attached hydrogens (primary N) is 1. The van der Waals surface area contributed by atoms with Gasteiger partial charge in [0.1, 0.15) is 0 Å². The summed E-state index contributed by atoms with van der Waals surface area (Å²) in [5, 5.41) is 12.8. The molecule has 0 amide bonds. The van der Waals surface area contributed by atoms with Crippen LogP contribution >= 0.6 is 23.1 Å². The minimum atomic E-state index is 0.0532. The van der Waals surface area contributed by atoms with Crippen molar-refractivity contribution in [3.63, 3.8) is 0 Å². The average molecular weight is 240 g/mol. The molecule has 0 radical (unpaired) electrons.